The van der Waals surface area contributed by atoms with Gasteiger partial charge in [-0.15, -0.1) is 0 Å². The molecule has 1 N–H and O–H groups in total. The Labute approximate surface area is 132 Å². The Morgan fingerprint density at radius 3 is 2.71 bits per heavy atom. The highest BCUT2D eigenvalue weighted by Gasteiger charge is 2.31. The van der Waals surface area contributed by atoms with E-state index in [4.69, 9.17) is 4.74 Å². The fraction of sp³-hybridized carbons (Fsp3) is 0.571. The third kappa shape index (κ3) is 4.47. The van der Waals surface area contributed by atoms with Gasteiger partial charge >= 0.3 is 0 Å². The zero-order chi connectivity index (χ0) is 15.5. The summed E-state index contributed by atoms with van der Waals surface area (Å²) in [5, 5.41) is 21.2. The van der Waals surface area contributed by atoms with Gasteiger partial charge in [0.25, 0.3) is 5.69 Å². The van der Waals surface area contributed by atoms with Crippen LogP contribution in [0.3, 0.4) is 0 Å². The van der Waals surface area contributed by atoms with Crippen LogP contribution in [0.1, 0.15) is 18.4 Å². The largest absolute Gasteiger partial charge is 0.388 e. The van der Waals surface area contributed by atoms with Crippen LogP contribution in [0.2, 0.25) is 0 Å². The van der Waals surface area contributed by atoms with Crippen molar-refractivity contribution >= 4 is 21.6 Å². The lowest BCUT2D eigenvalue weighted by Crippen LogP contribution is -2.45. The van der Waals surface area contributed by atoms with E-state index in [1.807, 2.05) is 11.9 Å². The molecule has 0 aromatic heterocycles. The Hall–Kier alpha value is -1.02. The molecule has 0 bridgehead atoms. The van der Waals surface area contributed by atoms with Gasteiger partial charge in [-0.25, -0.2) is 0 Å². The highest BCUT2D eigenvalue weighted by molar-refractivity contribution is 9.10. The van der Waals surface area contributed by atoms with E-state index in [1.54, 1.807) is 6.07 Å². The quantitative estimate of drug-likeness (QED) is 0.645. The van der Waals surface area contributed by atoms with Crippen molar-refractivity contribution in [2.75, 3.05) is 26.8 Å². The summed E-state index contributed by atoms with van der Waals surface area (Å²) in [6.07, 6.45) is 1.28. The van der Waals surface area contributed by atoms with Crippen LogP contribution >= 0.6 is 15.9 Å². The van der Waals surface area contributed by atoms with Crippen LogP contribution in [0.15, 0.2) is 22.7 Å². The summed E-state index contributed by atoms with van der Waals surface area (Å²) < 4.78 is 5.98. The molecule has 7 heteroatoms. The molecule has 116 valence electrons. The summed E-state index contributed by atoms with van der Waals surface area (Å²) in [6, 6.07) is 4.75. The maximum Gasteiger partial charge on any atom is 0.270 e. The van der Waals surface area contributed by atoms with Gasteiger partial charge in [-0.1, -0.05) is 15.9 Å². The molecule has 1 aliphatic heterocycles. The number of halogens is 1. The normalized spacial score (nSPS) is 17.9. The predicted molar refractivity (Wildman–Crippen MR) is 82.1 cm³/mol. The SMILES string of the molecule is CN(Cc1ccc([N+](=O)[O-])cc1Br)CC1(O)CCOCC1. The number of non-ortho nitro benzene ring substituents is 1. The fourth-order valence-corrected chi connectivity index (χ4v) is 3.03. The molecule has 0 unspecified atom stereocenters. The van der Waals surface area contributed by atoms with Crippen LogP contribution in [0, 0.1) is 10.1 Å². The average molecular weight is 359 g/mol. The highest BCUT2D eigenvalue weighted by Crippen LogP contribution is 2.26. The van der Waals surface area contributed by atoms with Gasteiger partial charge in [-0.2, -0.15) is 0 Å². The van der Waals surface area contributed by atoms with E-state index >= 15 is 0 Å². The molecule has 1 aliphatic rings. The van der Waals surface area contributed by atoms with E-state index in [-0.39, 0.29) is 5.69 Å². The third-order valence-corrected chi connectivity index (χ3v) is 4.41. The van der Waals surface area contributed by atoms with Crippen LogP contribution in [0.25, 0.3) is 0 Å². The highest BCUT2D eigenvalue weighted by atomic mass is 79.9. The van der Waals surface area contributed by atoms with Crippen molar-refractivity contribution < 1.29 is 14.8 Å². The topological polar surface area (TPSA) is 75.8 Å². The van der Waals surface area contributed by atoms with Gasteiger partial charge < -0.3 is 9.84 Å². The Morgan fingerprint density at radius 1 is 1.48 bits per heavy atom. The van der Waals surface area contributed by atoms with Crippen LogP contribution in [0.5, 0.6) is 0 Å². The first kappa shape index (κ1) is 16.4. The summed E-state index contributed by atoms with van der Waals surface area (Å²) >= 11 is 3.37. The minimum Gasteiger partial charge on any atom is -0.388 e. The number of likely N-dealkylation sites (N-methyl/N-ethyl adjacent to an activating group) is 1. The average Bonchev–Trinajstić information content (AvgIpc) is 2.41. The fourth-order valence-electron chi connectivity index (χ4n) is 2.54. The molecule has 1 aromatic rings. The first-order chi connectivity index (χ1) is 9.89. The number of nitro benzene ring substituents is 1. The molecule has 0 aliphatic carbocycles. The molecule has 1 saturated heterocycles. The molecular formula is C14H19BrN2O4. The van der Waals surface area contributed by atoms with Crippen LogP contribution < -0.4 is 0 Å². The van der Waals surface area contributed by atoms with E-state index in [1.165, 1.54) is 12.1 Å². The maximum absolute atomic E-state index is 10.7. The molecular weight excluding hydrogens is 340 g/mol. The molecule has 1 fully saturated rings. The molecule has 21 heavy (non-hydrogen) atoms. The molecule has 0 atom stereocenters. The zero-order valence-corrected chi connectivity index (χ0v) is 13.5. The molecule has 0 radical (unpaired) electrons. The van der Waals surface area contributed by atoms with E-state index in [0.717, 1.165) is 5.56 Å². The second-order valence-electron chi connectivity index (χ2n) is 5.54. The number of benzene rings is 1. The summed E-state index contributed by atoms with van der Waals surface area (Å²) in [4.78, 5) is 12.3. The van der Waals surface area contributed by atoms with Gasteiger partial charge in [0.05, 0.1) is 10.5 Å². The minimum atomic E-state index is -0.708. The first-order valence-electron chi connectivity index (χ1n) is 6.81. The number of aliphatic hydroxyl groups is 1. The number of nitrogens with zero attached hydrogens (tertiary/aromatic N) is 2. The Morgan fingerprint density at radius 2 is 2.14 bits per heavy atom. The summed E-state index contributed by atoms with van der Waals surface area (Å²) in [5.74, 6) is 0. The van der Waals surface area contributed by atoms with Gasteiger partial charge in [0, 0.05) is 55.8 Å². The summed E-state index contributed by atoms with van der Waals surface area (Å²) in [5.41, 5.74) is 0.315. The van der Waals surface area contributed by atoms with Crippen molar-refractivity contribution in [1.82, 2.24) is 4.90 Å². The lowest BCUT2D eigenvalue weighted by Gasteiger charge is -2.35. The van der Waals surface area contributed by atoms with Gasteiger partial charge in [0.2, 0.25) is 0 Å². The monoisotopic (exact) mass is 358 g/mol. The van der Waals surface area contributed by atoms with Crippen LogP contribution in [-0.2, 0) is 11.3 Å². The zero-order valence-electron chi connectivity index (χ0n) is 11.9. The lowest BCUT2D eigenvalue weighted by molar-refractivity contribution is -0.384. The number of ether oxygens (including phenoxy) is 1. The Balaban J connectivity index is 1.99. The second-order valence-corrected chi connectivity index (χ2v) is 6.40. The third-order valence-electron chi connectivity index (χ3n) is 3.68. The molecule has 2 rings (SSSR count). The van der Waals surface area contributed by atoms with Crippen LogP contribution in [-0.4, -0.2) is 47.3 Å². The summed E-state index contributed by atoms with van der Waals surface area (Å²) in [6.45, 7) is 2.35. The standard InChI is InChI=1S/C14H19BrN2O4/c1-16(10-14(18)4-6-21-7-5-14)9-11-2-3-12(17(19)20)8-13(11)15/h2-3,8,18H,4-7,9-10H2,1H3. The first-order valence-corrected chi connectivity index (χ1v) is 7.60. The molecule has 0 saturated carbocycles. The Bertz CT molecular complexity index is 518. The number of hydrogen-bond donors (Lipinski definition) is 1. The van der Waals surface area contributed by atoms with Crippen molar-refractivity contribution in [3.63, 3.8) is 0 Å². The number of hydrogen-bond acceptors (Lipinski definition) is 5. The van der Waals surface area contributed by atoms with Gasteiger partial charge in [-0.3, -0.25) is 15.0 Å². The smallest absolute Gasteiger partial charge is 0.270 e. The van der Waals surface area contributed by atoms with Crippen molar-refractivity contribution in [2.45, 2.75) is 25.0 Å². The molecule has 6 nitrogen and oxygen atoms in total. The Kier molecular flexibility index (Phi) is 5.32. The summed E-state index contributed by atoms with van der Waals surface area (Å²) in [7, 11) is 1.93. The second kappa shape index (κ2) is 6.83. The molecule has 1 aromatic carbocycles. The predicted octanol–water partition coefficient (Wildman–Crippen LogP) is 2.33. The maximum atomic E-state index is 10.7. The van der Waals surface area contributed by atoms with E-state index in [0.29, 0.717) is 43.6 Å². The van der Waals surface area contributed by atoms with Crippen LogP contribution in [0.4, 0.5) is 5.69 Å². The molecule has 1 heterocycles. The van der Waals surface area contributed by atoms with E-state index < -0.39 is 10.5 Å². The molecule has 0 spiro atoms. The number of nitro groups is 1. The van der Waals surface area contributed by atoms with Gasteiger partial charge in [-0.05, 0) is 18.7 Å². The van der Waals surface area contributed by atoms with Crippen molar-refractivity contribution in [2.24, 2.45) is 0 Å². The van der Waals surface area contributed by atoms with E-state index in [2.05, 4.69) is 15.9 Å². The van der Waals surface area contributed by atoms with Crippen molar-refractivity contribution in [3.05, 3.63) is 38.3 Å². The van der Waals surface area contributed by atoms with Crippen molar-refractivity contribution in [3.8, 4) is 0 Å². The minimum absolute atomic E-state index is 0.0661. The van der Waals surface area contributed by atoms with E-state index in [9.17, 15) is 15.2 Å². The molecule has 0 amide bonds. The van der Waals surface area contributed by atoms with Crippen molar-refractivity contribution in [1.29, 1.82) is 0 Å². The van der Waals surface area contributed by atoms with Gasteiger partial charge in [0.1, 0.15) is 0 Å². The lowest BCUT2D eigenvalue weighted by atomic mass is 9.94. The van der Waals surface area contributed by atoms with Gasteiger partial charge in [0.15, 0.2) is 0 Å². The number of rotatable bonds is 5.